The lowest BCUT2D eigenvalue weighted by Gasteiger charge is -2.02. The van der Waals surface area contributed by atoms with Crippen LogP contribution in [-0.4, -0.2) is 14.3 Å². The van der Waals surface area contributed by atoms with Gasteiger partial charge < -0.3 is 0 Å². The van der Waals surface area contributed by atoms with E-state index in [1.807, 2.05) is 0 Å². The molecule has 1 aromatic rings. The molecule has 13 heavy (non-hydrogen) atoms. The van der Waals surface area contributed by atoms with Crippen LogP contribution in [0.3, 0.4) is 0 Å². The number of benzene rings is 1. The molecule has 4 nitrogen and oxygen atoms in total. The van der Waals surface area contributed by atoms with Crippen LogP contribution in [0.4, 0.5) is 0 Å². The Morgan fingerprint density at radius 1 is 1.54 bits per heavy atom. The summed E-state index contributed by atoms with van der Waals surface area (Å²) in [4.78, 5) is 10.6. The van der Waals surface area contributed by atoms with Crippen LogP contribution >= 0.6 is 0 Å². The van der Waals surface area contributed by atoms with Gasteiger partial charge in [0.25, 0.3) is 10.0 Å². The third-order valence-electron chi connectivity index (χ3n) is 1.20. The topological polar surface area (TPSA) is 63.2 Å². The van der Waals surface area contributed by atoms with Crippen LogP contribution in [0.2, 0.25) is 0 Å². The molecule has 0 spiro atoms. The van der Waals surface area contributed by atoms with Gasteiger partial charge in [0.15, 0.2) is 0 Å². The lowest BCUT2D eigenvalue weighted by molar-refractivity contribution is -0.117. The lowest BCUT2D eigenvalue weighted by Crippen LogP contribution is -2.27. The second-order valence-electron chi connectivity index (χ2n) is 2.20. The van der Waals surface area contributed by atoms with Crippen LogP contribution in [-0.2, 0) is 14.8 Å². The molecule has 0 saturated carbocycles. The zero-order chi connectivity index (χ0) is 12.3. The average molecular weight is 202 g/mol. The molecule has 0 unspecified atom stereocenters. The summed E-state index contributed by atoms with van der Waals surface area (Å²) < 4.78 is 45.4. The maximum absolute atomic E-state index is 11.5. The molecule has 0 bridgehead atoms. The Morgan fingerprint density at radius 3 is 2.92 bits per heavy atom. The Kier molecular flexibility index (Phi) is 1.69. The van der Waals surface area contributed by atoms with Crippen LogP contribution in [0.1, 0.15) is 11.0 Å². The molecule has 1 amide bonds. The van der Waals surface area contributed by atoms with Gasteiger partial charge in [-0.25, -0.2) is 13.1 Å². The molecular formula is C8H9NO3S. The van der Waals surface area contributed by atoms with Gasteiger partial charge >= 0.3 is 0 Å². The molecular weight excluding hydrogens is 190 g/mol. The monoisotopic (exact) mass is 202 g/mol. The SMILES string of the molecule is [2H]c1ccccc1S(=O)(=O)NC(=O)C([2H])[2H]. The van der Waals surface area contributed by atoms with Crippen molar-refractivity contribution in [2.75, 3.05) is 0 Å². The lowest BCUT2D eigenvalue weighted by atomic mass is 10.4. The zero-order valence-corrected chi connectivity index (χ0v) is 7.34. The molecule has 1 rings (SSSR count). The fraction of sp³-hybridized carbons (Fsp3) is 0.125. The third-order valence-corrected chi connectivity index (χ3v) is 2.51. The van der Waals surface area contributed by atoms with Crippen molar-refractivity contribution in [3.63, 3.8) is 0 Å². The Labute approximate surface area is 80.8 Å². The smallest absolute Gasteiger partial charge is 0.264 e. The summed E-state index contributed by atoms with van der Waals surface area (Å²) in [6.45, 7) is -1.92. The quantitative estimate of drug-likeness (QED) is 0.760. The molecule has 0 saturated heterocycles. The molecule has 5 heteroatoms. The van der Waals surface area contributed by atoms with Crippen molar-refractivity contribution in [3.05, 3.63) is 30.3 Å². The number of rotatable bonds is 2. The molecule has 0 aromatic heterocycles. The number of carbonyl (C=O) groups is 1. The molecule has 0 radical (unpaired) electrons. The highest BCUT2D eigenvalue weighted by Crippen LogP contribution is 2.06. The highest BCUT2D eigenvalue weighted by molar-refractivity contribution is 7.90. The Hall–Kier alpha value is -1.36. The highest BCUT2D eigenvalue weighted by atomic mass is 32.2. The summed E-state index contributed by atoms with van der Waals surface area (Å²) in [7, 11) is -4.16. The van der Waals surface area contributed by atoms with Gasteiger partial charge in [0.05, 0.1) is 6.27 Å². The van der Waals surface area contributed by atoms with E-state index < -0.39 is 22.8 Å². The molecule has 70 valence electrons. The number of hydrogen-bond donors (Lipinski definition) is 1. The van der Waals surface area contributed by atoms with E-state index in [0.717, 1.165) is 0 Å². The van der Waals surface area contributed by atoms with Crippen molar-refractivity contribution in [2.45, 2.75) is 11.8 Å². The second-order valence-corrected chi connectivity index (χ2v) is 3.85. The fourth-order valence-corrected chi connectivity index (χ4v) is 1.59. The molecule has 0 aliphatic heterocycles. The van der Waals surface area contributed by atoms with E-state index >= 15 is 0 Å². The molecule has 0 heterocycles. The van der Waals surface area contributed by atoms with Crippen molar-refractivity contribution in [3.8, 4) is 0 Å². The van der Waals surface area contributed by atoms with Gasteiger partial charge in [-0.3, -0.25) is 4.79 Å². The van der Waals surface area contributed by atoms with E-state index in [2.05, 4.69) is 0 Å². The predicted molar refractivity (Wildman–Crippen MR) is 47.4 cm³/mol. The van der Waals surface area contributed by atoms with Gasteiger partial charge in [-0.2, -0.15) is 0 Å². The summed E-state index contributed by atoms with van der Waals surface area (Å²) in [6, 6.07) is 5.07. The number of sulfonamides is 1. The summed E-state index contributed by atoms with van der Waals surface area (Å²) in [6.07, 6.45) is 0. The highest BCUT2D eigenvalue weighted by Gasteiger charge is 2.13. The first-order valence-electron chi connectivity index (χ1n) is 4.97. The molecule has 0 atom stereocenters. The summed E-state index contributed by atoms with van der Waals surface area (Å²) in [5.74, 6) is -1.25. The minimum Gasteiger partial charge on any atom is -0.274 e. The van der Waals surface area contributed by atoms with Crippen LogP contribution in [0.15, 0.2) is 35.2 Å². The van der Waals surface area contributed by atoms with Gasteiger partial charge in [-0.1, -0.05) is 18.2 Å². The molecule has 0 aliphatic rings. The second kappa shape index (κ2) is 3.57. The van der Waals surface area contributed by atoms with Gasteiger partial charge in [0.2, 0.25) is 5.91 Å². The van der Waals surface area contributed by atoms with Gasteiger partial charge in [-0.05, 0) is 12.1 Å². The van der Waals surface area contributed by atoms with E-state index in [0.29, 0.717) is 0 Å². The first-order chi connectivity index (χ1) is 7.34. The number of hydrogen-bond acceptors (Lipinski definition) is 3. The first-order valence-corrected chi connectivity index (χ1v) is 4.79. The van der Waals surface area contributed by atoms with Gasteiger partial charge in [-0.15, -0.1) is 0 Å². The number of carbonyl (C=O) groups excluding carboxylic acids is 1. The first kappa shape index (κ1) is 6.15. The largest absolute Gasteiger partial charge is 0.274 e. The molecule has 0 aliphatic carbocycles. The molecule has 1 aromatic carbocycles. The number of amides is 1. The standard InChI is InChI=1S/C8H9NO3S/c1-7(10)9-13(11,12)8-5-3-2-4-6-8/h2-6H,1H3,(H,9,10)/i1D2,5D. The Balaban J connectivity index is 3.05. The summed E-state index contributed by atoms with van der Waals surface area (Å²) in [5.41, 5.74) is 0. The van der Waals surface area contributed by atoms with Crippen molar-refractivity contribution < 1.29 is 17.3 Å². The van der Waals surface area contributed by atoms with E-state index in [-0.39, 0.29) is 10.9 Å². The zero-order valence-electron chi connectivity index (χ0n) is 9.52. The van der Waals surface area contributed by atoms with E-state index in [9.17, 15) is 13.2 Å². The van der Waals surface area contributed by atoms with Crippen LogP contribution in [0, 0.1) is 0 Å². The minimum atomic E-state index is -4.16. The average Bonchev–Trinajstić information content (AvgIpc) is 2.17. The Bertz CT molecular complexity index is 501. The van der Waals surface area contributed by atoms with Crippen LogP contribution in [0.25, 0.3) is 0 Å². The van der Waals surface area contributed by atoms with Crippen molar-refractivity contribution in [1.29, 1.82) is 0 Å². The van der Waals surface area contributed by atoms with Crippen molar-refractivity contribution >= 4 is 15.9 Å². The van der Waals surface area contributed by atoms with E-state index in [1.54, 1.807) is 4.72 Å². The normalized spacial score (nSPS) is 14.4. The van der Waals surface area contributed by atoms with Crippen LogP contribution in [0.5, 0.6) is 0 Å². The van der Waals surface area contributed by atoms with Crippen molar-refractivity contribution in [2.24, 2.45) is 0 Å². The number of nitrogens with one attached hydrogen (secondary N) is 1. The van der Waals surface area contributed by atoms with Gasteiger partial charge in [0.1, 0.15) is 0 Å². The third kappa shape index (κ3) is 2.55. The molecule has 1 N–H and O–H groups in total. The van der Waals surface area contributed by atoms with Crippen LogP contribution < -0.4 is 4.72 Å². The van der Waals surface area contributed by atoms with Crippen molar-refractivity contribution in [1.82, 2.24) is 4.72 Å². The van der Waals surface area contributed by atoms with Gasteiger partial charge in [0, 0.05) is 9.62 Å². The maximum atomic E-state index is 11.5. The maximum Gasteiger partial charge on any atom is 0.264 e. The van der Waals surface area contributed by atoms with E-state index in [1.165, 1.54) is 24.3 Å². The fourth-order valence-electron chi connectivity index (χ4n) is 0.731. The summed E-state index contributed by atoms with van der Waals surface area (Å²) in [5, 5.41) is 0. The van der Waals surface area contributed by atoms with E-state index in [4.69, 9.17) is 4.11 Å². The Morgan fingerprint density at radius 2 is 2.31 bits per heavy atom. The molecule has 0 fully saturated rings. The summed E-state index contributed by atoms with van der Waals surface area (Å²) >= 11 is 0. The minimum absolute atomic E-state index is 0.255. The predicted octanol–water partition coefficient (Wildman–Crippen LogP) is 0.511.